The van der Waals surface area contributed by atoms with Crippen molar-refractivity contribution in [3.63, 3.8) is 0 Å². The number of ether oxygens (including phenoxy) is 1. The van der Waals surface area contributed by atoms with Gasteiger partial charge in [0.05, 0.1) is 12.6 Å². The lowest BCUT2D eigenvalue weighted by Crippen LogP contribution is -2.39. The number of aromatic nitrogens is 5. The zero-order valence-electron chi connectivity index (χ0n) is 17.7. The molecule has 4 rings (SSSR count). The highest BCUT2D eigenvalue weighted by Crippen LogP contribution is 2.18. The van der Waals surface area contributed by atoms with Crippen LogP contribution < -0.4 is 0 Å². The minimum Gasteiger partial charge on any atom is -0.376 e. The number of tetrazole rings is 1. The van der Waals surface area contributed by atoms with Crippen LogP contribution in [0.2, 0.25) is 0 Å². The summed E-state index contributed by atoms with van der Waals surface area (Å²) in [4.78, 5) is 21.5. The van der Waals surface area contributed by atoms with Gasteiger partial charge in [-0.3, -0.25) is 14.7 Å². The summed E-state index contributed by atoms with van der Waals surface area (Å²) >= 11 is 0. The van der Waals surface area contributed by atoms with E-state index < -0.39 is 0 Å². The molecule has 2 aromatic heterocycles. The summed E-state index contributed by atoms with van der Waals surface area (Å²) < 4.78 is 7.43. The highest BCUT2D eigenvalue weighted by Gasteiger charge is 2.25. The van der Waals surface area contributed by atoms with Gasteiger partial charge in [-0.05, 0) is 72.8 Å². The number of carbonyl (C=O) groups excluding carboxylic acids is 1. The Hall–Kier alpha value is -2.39. The van der Waals surface area contributed by atoms with E-state index in [9.17, 15) is 4.79 Å². The molecular formula is C21H31N7O2. The molecule has 0 saturated carbocycles. The second kappa shape index (κ2) is 10.1. The lowest BCUT2D eigenvalue weighted by atomic mass is 9.99. The van der Waals surface area contributed by atoms with Gasteiger partial charge in [0, 0.05) is 32.1 Å². The molecule has 2 saturated heterocycles. The van der Waals surface area contributed by atoms with E-state index >= 15 is 0 Å². The number of hydrogen-bond donors (Lipinski definition) is 0. The summed E-state index contributed by atoms with van der Waals surface area (Å²) in [5, 5.41) is 12.1. The van der Waals surface area contributed by atoms with E-state index in [2.05, 4.69) is 32.3 Å². The maximum Gasteiger partial charge on any atom is 0.244 e. The van der Waals surface area contributed by atoms with Gasteiger partial charge < -0.3 is 9.64 Å². The Bertz CT molecular complexity index is 799. The van der Waals surface area contributed by atoms with Gasteiger partial charge in [0.1, 0.15) is 6.54 Å². The summed E-state index contributed by atoms with van der Waals surface area (Å²) in [7, 11) is 0. The third-order valence-electron chi connectivity index (χ3n) is 6.06. The quantitative estimate of drug-likeness (QED) is 0.648. The van der Waals surface area contributed by atoms with Gasteiger partial charge in [0.25, 0.3) is 0 Å². The molecule has 0 unspecified atom stereocenters. The van der Waals surface area contributed by atoms with Crippen molar-refractivity contribution in [1.82, 2.24) is 35.0 Å². The van der Waals surface area contributed by atoms with Crippen LogP contribution in [0.25, 0.3) is 0 Å². The van der Waals surface area contributed by atoms with Gasteiger partial charge >= 0.3 is 0 Å². The van der Waals surface area contributed by atoms with Gasteiger partial charge in [0.15, 0.2) is 5.82 Å². The maximum atomic E-state index is 13.2. The molecule has 30 heavy (non-hydrogen) atoms. The minimum atomic E-state index is 0.00290. The maximum absolute atomic E-state index is 13.2. The predicted octanol–water partition coefficient (Wildman–Crippen LogP) is 1.51. The molecule has 1 atom stereocenters. The van der Waals surface area contributed by atoms with Crippen LogP contribution >= 0.6 is 0 Å². The van der Waals surface area contributed by atoms with Crippen molar-refractivity contribution < 1.29 is 9.53 Å². The molecule has 2 aliphatic heterocycles. The Kier molecular flexibility index (Phi) is 7.01. The SMILES string of the molecule is CC1CCN(Cc2nnnn2CC(=O)N(Cc2ccncc2)C[C@H]2CCCO2)CC1. The average molecular weight is 414 g/mol. The van der Waals surface area contributed by atoms with Crippen LogP contribution in [-0.2, 0) is 29.2 Å². The van der Waals surface area contributed by atoms with Gasteiger partial charge in [-0.1, -0.05) is 6.92 Å². The van der Waals surface area contributed by atoms with E-state index in [1.54, 1.807) is 17.1 Å². The van der Waals surface area contributed by atoms with Crippen molar-refractivity contribution in [2.45, 2.75) is 58.3 Å². The Morgan fingerprint density at radius 3 is 2.77 bits per heavy atom. The fourth-order valence-electron chi connectivity index (χ4n) is 4.10. The van der Waals surface area contributed by atoms with Gasteiger partial charge in [-0.25, -0.2) is 4.68 Å². The molecule has 0 bridgehead atoms. The summed E-state index contributed by atoms with van der Waals surface area (Å²) in [5.41, 5.74) is 1.05. The van der Waals surface area contributed by atoms with Crippen LogP contribution in [0.4, 0.5) is 0 Å². The molecule has 0 radical (unpaired) electrons. The topological polar surface area (TPSA) is 89.3 Å². The summed E-state index contributed by atoms with van der Waals surface area (Å²) in [6.07, 6.45) is 8.03. The van der Waals surface area contributed by atoms with E-state index in [4.69, 9.17) is 4.74 Å². The molecule has 0 aromatic carbocycles. The van der Waals surface area contributed by atoms with Crippen LogP contribution in [-0.4, -0.2) is 73.2 Å². The van der Waals surface area contributed by atoms with E-state index in [0.29, 0.717) is 19.6 Å². The minimum absolute atomic E-state index is 0.00290. The summed E-state index contributed by atoms with van der Waals surface area (Å²) in [6, 6.07) is 3.88. The van der Waals surface area contributed by atoms with Gasteiger partial charge in [0.2, 0.25) is 5.91 Å². The predicted molar refractivity (Wildman–Crippen MR) is 110 cm³/mol. The van der Waals surface area contributed by atoms with Crippen LogP contribution in [0.1, 0.15) is 44.0 Å². The fourth-order valence-corrected chi connectivity index (χ4v) is 4.10. The summed E-state index contributed by atoms with van der Waals surface area (Å²) in [5.74, 6) is 1.53. The largest absolute Gasteiger partial charge is 0.376 e. The second-order valence-electron chi connectivity index (χ2n) is 8.48. The zero-order valence-corrected chi connectivity index (χ0v) is 17.7. The van der Waals surface area contributed by atoms with E-state index in [1.165, 1.54) is 12.8 Å². The fraction of sp³-hybridized carbons (Fsp3) is 0.667. The van der Waals surface area contributed by atoms with Crippen molar-refractivity contribution in [1.29, 1.82) is 0 Å². The molecule has 9 nitrogen and oxygen atoms in total. The monoisotopic (exact) mass is 413 g/mol. The Morgan fingerprint density at radius 2 is 2.03 bits per heavy atom. The normalized spacial score (nSPS) is 20.5. The van der Waals surface area contributed by atoms with Crippen LogP contribution in [0.15, 0.2) is 24.5 Å². The van der Waals surface area contributed by atoms with Crippen LogP contribution in [0.3, 0.4) is 0 Å². The first-order chi connectivity index (χ1) is 14.7. The first-order valence-corrected chi connectivity index (χ1v) is 10.9. The van der Waals surface area contributed by atoms with Gasteiger partial charge in [-0.15, -0.1) is 5.10 Å². The third kappa shape index (κ3) is 5.60. The number of likely N-dealkylation sites (tertiary alicyclic amines) is 1. The molecule has 1 amide bonds. The lowest BCUT2D eigenvalue weighted by molar-refractivity contribution is -0.134. The molecule has 0 aliphatic carbocycles. The average Bonchev–Trinajstić information content (AvgIpc) is 3.42. The van der Waals surface area contributed by atoms with Crippen molar-refractivity contribution >= 4 is 5.91 Å². The molecular weight excluding hydrogens is 382 g/mol. The van der Waals surface area contributed by atoms with E-state index in [0.717, 1.165) is 49.8 Å². The molecule has 0 spiro atoms. The van der Waals surface area contributed by atoms with Crippen molar-refractivity contribution in [3.05, 3.63) is 35.9 Å². The molecule has 2 aliphatic rings. The standard InChI is InChI=1S/C21H31N7O2/c1-17-6-10-26(11-7-17)15-20-23-24-25-28(20)16-21(29)27(14-19-3-2-12-30-19)13-18-4-8-22-9-5-18/h4-5,8-9,17,19H,2-3,6-7,10-16H2,1H3/t19-/m1/s1. The Labute approximate surface area is 177 Å². The molecule has 9 heteroatoms. The van der Waals surface area contributed by atoms with E-state index in [-0.39, 0.29) is 18.6 Å². The highest BCUT2D eigenvalue weighted by atomic mass is 16.5. The first kappa shape index (κ1) is 20.9. The first-order valence-electron chi connectivity index (χ1n) is 10.9. The van der Waals surface area contributed by atoms with Crippen molar-refractivity contribution in [2.75, 3.05) is 26.2 Å². The molecule has 162 valence electrons. The van der Waals surface area contributed by atoms with Crippen LogP contribution in [0, 0.1) is 5.92 Å². The van der Waals surface area contributed by atoms with Crippen molar-refractivity contribution in [2.24, 2.45) is 5.92 Å². The number of amides is 1. The molecule has 2 fully saturated rings. The van der Waals surface area contributed by atoms with E-state index in [1.807, 2.05) is 17.0 Å². The number of rotatable bonds is 8. The Morgan fingerprint density at radius 1 is 1.23 bits per heavy atom. The zero-order chi connectivity index (χ0) is 20.8. The third-order valence-corrected chi connectivity index (χ3v) is 6.06. The number of nitrogens with zero attached hydrogens (tertiary/aromatic N) is 7. The summed E-state index contributed by atoms with van der Waals surface area (Å²) in [6.45, 7) is 7.11. The number of pyridine rings is 1. The second-order valence-corrected chi connectivity index (χ2v) is 8.48. The number of piperidine rings is 1. The molecule has 0 N–H and O–H groups in total. The molecule has 2 aromatic rings. The van der Waals surface area contributed by atoms with Gasteiger partial charge in [-0.2, -0.15) is 0 Å². The van der Waals surface area contributed by atoms with Crippen molar-refractivity contribution in [3.8, 4) is 0 Å². The number of carbonyl (C=O) groups is 1. The molecule has 4 heterocycles. The lowest BCUT2D eigenvalue weighted by Gasteiger charge is -2.29. The van der Waals surface area contributed by atoms with Crippen LogP contribution in [0.5, 0.6) is 0 Å². The highest BCUT2D eigenvalue weighted by molar-refractivity contribution is 5.76. The Balaban J connectivity index is 1.41. The smallest absolute Gasteiger partial charge is 0.244 e. The number of hydrogen-bond acceptors (Lipinski definition) is 7.